The lowest BCUT2D eigenvalue weighted by Crippen LogP contribution is -2.30. The lowest BCUT2D eigenvalue weighted by Gasteiger charge is -2.17. The topological polar surface area (TPSA) is 121 Å². The molecule has 31 heavy (non-hydrogen) atoms. The first-order valence-corrected chi connectivity index (χ1v) is 9.60. The number of nitrogens with one attached hydrogen (secondary N) is 1. The van der Waals surface area contributed by atoms with Gasteiger partial charge in [-0.3, -0.25) is 0 Å². The SMILES string of the molecule is COc1nc2ccccc2n1-c1nnc(N(C)C)c(NCc2cccc(B(O)O)c2)n1. The molecule has 2 aromatic carbocycles. The summed E-state index contributed by atoms with van der Waals surface area (Å²) < 4.78 is 7.14. The molecular formula is C20H22BN7O3. The summed E-state index contributed by atoms with van der Waals surface area (Å²) in [6.07, 6.45) is 0. The van der Waals surface area contributed by atoms with Gasteiger partial charge in [0, 0.05) is 20.6 Å². The number of rotatable bonds is 7. The number of methoxy groups -OCH3 is 1. The van der Waals surface area contributed by atoms with Gasteiger partial charge in [-0.25, -0.2) is 4.57 Å². The summed E-state index contributed by atoms with van der Waals surface area (Å²) in [7, 11) is 3.73. The molecule has 3 N–H and O–H groups in total. The Morgan fingerprint density at radius 1 is 1.06 bits per heavy atom. The van der Waals surface area contributed by atoms with Crippen molar-refractivity contribution in [2.75, 3.05) is 31.4 Å². The second-order valence-corrected chi connectivity index (χ2v) is 7.07. The van der Waals surface area contributed by atoms with E-state index < -0.39 is 7.12 Å². The Labute approximate surface area is 179 Å². The standard InChI is InChI=1S/C20H22BN7O3/c1-27(2)18-17(22-12-13-7-6-8-14(11-13)21(29)30)24-19(26-25-18)28-16-10-5-4-9-15(16)23-20(28)31-3/h4-11,29-30H,12H2,1-3H3,(H,22,24,26). The Bertz CT molecular complexity index is 1210. The molecule has 4 aromatic rings. The molecule has 0 fully saturated rings. The van der Waals surface area contributed by atoms with Crippen molar-refractivity contribution < 1.29 is 14.8 Å². The summed E-state index contributed by atoms with van der Waals surface area (Å²) in [6, 6.07) is 15.0. The van der Waals surface area contributed by atoms with E-state index in [1.807, 2.05) is 49.3 Å². The van der Waals surface area contributed by atoms with E-state index in [4.69, 9.17) is 4.74 Å². The smallest absolute Gasteiger partial charge is 0.468 e. The van der Waals surface area contributed by atoms with E-state index in [0.717, 1.165) is 16.6 Å². The summed E-state index contributed by atoms with van der Waals surface area (Å²) in [6.45, 7) is 0.404. The summed E-state index contributed by atoms with van der Waals surface area (Å²) in [4.78, 5) is 11.0. The van der Waals surface area contributed by atoms with Crippen molar-refractivity contribution in [3.05, 3.63) is 54.1 Å². The maximum atomic E-state index is 9.41. The lowest BCUT2D eigenvalue weighted by molar-refractivity contribution is 0.374. The number of nitrogens with zero attached hydrogens (tertiary/aromatic N) is 6. The second-order valence-electron chi connectivity index (χ2n) is 7.07. The van der Waals surface area contributed by atoms with Crippen LogP contribution < -0.4 is 20.4 Å². The monoisotopic (exact) mass is 419 g/mol. The zero-order valence-corrected chi connectivity index (χ0v) is 17.4. The predicted molar refractivity (Wildman–Crippen MR) is 119 cm³/mol. The van der Waals surface area contributed by atoms with Crippen molar-refractivity contribution in [1.82, 2.24) is 24.7 Å². The molecule has 0 saturated carbocycles. The van der Waals surface area contributed by atoms with Crippen LogP contribution in [0.25, 0.3) is 17.0 Å². The average Bonchev–Trinajstić information content (AvgIpc) is 3.16. The maximum Gasteiger partial charge on any atom is 0.488 e. The van der Waals surface area contributed by atoms with Crippen LogP contribution in [-0.2, 0) is 6.54 Å². The van der Waals surface area contributed by atoms with E-state index in [2.05, 4.69) is 25.5 Å². The highest BCUT2D eigenvalue weighted by atomic mass is 16.5. The fourth-order valence-corrected chi connectivity index (χ4v) is 3.21. The number of fused-ring (bicyclic) bond motifs is 1. The van der Waals surface area contributed by atoms with Gasteiger partial charge in [0.2, 0.25) is 0 Å². The van der Waals surface area contributed by atoms with Crippen LogP contribution in [0, 0.1) is 0 Å². The largest absolute Gasteiger partial charge is 0.488 e. The molecule has 0 aliphatic heterocycles. The van der Waals surface area contributed by atoms with Crippen LogP contribution in [-0.4, -0.2) is 63.1 Å². The molecule has 0 radical (unpaired) electrons. The third kappa shape index (κ3) is 4.13. The first-order chi connectivity index (χ1) is 15.0. The normalized spacial score (nSPS) is 10.9. The quantitative estimate of drug-likeness (QED) is 0.369. The van der Waals surface area contributed by atoms with Crippen LogP contribution >= 0.6 is 0 Å². The highest BCUT2D eigenvalue weighted by Crippen LogP contribution is 2.26. The van der Waals surface area contributed by atoms with Gasteiger partial charge in [0.1, 0.15) is 0 Å². The van der Waals surface area contributed by atoms with E-state index in [1.165, 1.54) is 0 Å². The average molecular weight is 419 g/mol. The Balaban J connectivity index is 1.72. The molecule has 11 heteroatoms. The van der Waals surface area contributed by atoms with E-state index >= 15 is 0 Å². The van der Waals surface area contributed by atoms with Crippen LogP contribution in [0.4, 0.5) is 11.6 Å². The fourth-order valence-electron chi connectivity index (χ4n) is 3.21. The van der Waals surface area contributed by atoms with Gasteiger partial charge in [-0.1, -0.05) is 36.4 Å². The lowest BCUT2D eigenvalue weighted by atomic mass is 9.80. The number of ether oxygens (including phenoxy) is 1. The Hall–Kier alpha value is -3.70. The van der Waals surface area contributed by atoms with E-state index in [0.29, 0.717) is 35.6 Å². The van der Waals surface area contributed by atoms with Gasteiger partial charge >= 0.3 is 13.1 Å². The third-order valence-corrected chi connectivity index (χ3v) is 4.70. The molecule has 0 saturated heterocycles. The van der Waals surface area contributed by atoms with E-state index in [-0.39, 0.29) is 0 Å². The van der Waals surface area contributed by atoms with Crippen molar-refractivity contribution in [3.8, 4) is 12.0 Å². The molecule has 0 spiro atoms. The first kappa shape index (κ1) is 20.6. The third-order valence-electron chi connectivity index (χ3n) is 4.70. The van der Waals surface area contributed by atoms with Crippen molar-refractivity contribution in [3.63, 3.8) is 0 Å². The maximum absolute atomic E-state index is 9.41. The van der Waals surface area contributed by atoms with Gasteiger partial charge in [-0.15, -0.1) is 10.2 Å². The summed E-state index contributed by atoms with van der Waals surface area (Å²) in [5, 5.41) is 30.7. The molecule has 0 amide bonds. The van der Waals surface area contributed by atoms with Crippen LogP contribution in [0.1, 0.15) is 5.56 Å². The Morgan fingerprint density at radius 2 is 1.87 bits per heavy atom. The molecular weight excluding hydrogens is 397 g/mol. The van der Waals surface area contributed by atoms with Gasteiger partial charge in [0.05, 0.1) is 18.1 Å². The van der Waals surface area contributed by atoms with Crippen molar-refractivity contribution in [1.29, 1.82) is 0 Å². The minimum Gasteiger partial charge on any atom is -0.468 e. The van der Waals surface area contributed by atoms with Crippen LogP contribution in [0.15, 0.2) is 48.5 Å². The molecule has 10 nitrogen and oxygen atoms in total. The molecule has 2 aromatic heterocycles. The van der Waals surface area contributed by atoms with Crippen molar-refractivity contribution >= 4 is 35.3 Å². The van der Waals surface area contributed by atoms with Crippen molar-refractivity contribution in [2.45, 2.75) is 6.54 Å². The molecule has 0 aliphatic carbocycles. The zero-order valence-electron chi connectivity index (χ0n) is 17.4. The number of hydrogen-bond acceptors (Lipinski definition) is 9. The zero-order chi connectivity index (χ0) is 22.0. The van der Waals surface area contributed by atoms with Crippen LogP contribution in [0.5, 0.6) is 6.01 Å². The predicted octanol–water partition coefficient (Wildman–Crippen LogP) is 0.577. The van der Waals surface area contributed by atoms with Gasteiger partial charge in [-0.2, -0.15) is 9.97 Å². The molecule has 2 heterocycles. The van der Waals surface area contributed by atoms with Gasteiger partial charge in [-0.05, 0) is 23.2 Å². The number of anilines is 2. The summed E-state index contributed by atoms with van der Waals surface area (Å²) in [5.74, 6) is 1.40. The van der Waals surface area contributed by atoms with Crippen LogP contribution in [0.2, 0.25) is 0 Å². The summed E-state index contributed by atoms with van der Waals surface area (Å²) in [5.41, 5.74) is 2.84. The molecule has 0 atom stereocenters. The highest BCUT2D eigenvalue weighted by molar-refractivity contribution is 6.58. The minimum absolute atomic E-state index is 0.318. The van der Waals surface area contributed by atoms with Crippen molar-refractivity contribution in [2.24, 2.45) is 0 Å². The number of benzene rings is 2. The van der Waals surface area contributed by atoms with Crippen LogP contribution in [0.3, 0.4) is 0 Å². The number of aromatic nitrogens is 5. The minimum atomic E-state index is -1.52. The molecule has 0 aliphatic rings. The van der Waals surface area contributed by atoms with Gasteiger partial charge in [0.25, 0.3) is 5.95 Å². The molecule has 4 rings (SSSR count). The summed E-state index contributed by atoms with van der Waals surface area (Å²) >= 11 is 0. The van der Waals surface area contributed by atoms with E-state index in [1.54, 1.807) is 29.9 Å². The number of imidazole rings is 1. The molecule has 158 valence electrons. The first-order valence-electron chi connectivity index (χ1n) is 9.60. The fraction of sp³-hybridized carbons (Fsp3) is 0.200. The highest BCUT2D eigenvalue weighted by Gasteiger charge is 2.19. The van der Waals surface area contributed by atoms with E-state index in [9.17, 15) is 10.0 Å². The Morgan fingerprint density at radius 3 is 2.61 bits per heavy atom. The second kappa shape index (κ2) is 8.58. The number of hydrogen-bond donors (Lipinski definition) is 3. The molecule has 0 bridgehead atoms. The Kier molecular flexibility index (Phi) is 5.69. The number of para-hydroxylation sites is 2. The molecule has 0 unspecified atom stereocenters. The van der Waals surface area contributed by atoms with Gasteiger partial charge < -0.3 is 25.0 Å². The van der Waals surface area contributed by atoms with Gasteiger partial charge in [0.15, 0.2) is 11.6 Å².